The summed E-state index contributed by atoms with van der Waals surface area (Å²) >= 11 is 0. The van der Waals surface area contributed by atoms with E-state index in [1.54, 1.807) is 0 Å². The zero-order valence-electron chi connectivity index (χ0n) is 55.6. The molecule has 0 amide bonds. The molecule has 2 atom stereocenters. The minimum Gasteiger partial charge on any atom is -0.462 e. The van der Waals surface area contributed by atoms with Gasteiger partial charge in [-0.25, -0.2) is 4.57 Å². The summed E-state index contributed by atoms with van der Waals surface area (Å²) in [6.07, 6.45) is 94.0. The van der Waals surface area contributed by atoms with E-state index in [9.17, 15) is 19.0 Å². The highest BCUT2D eigenvalue weighted by Crippen LogP contribution is 2.43. The maximum atomic E-state index is 12.8. The van der Waals surface area contributed by atoms with Crippen LogP contribution in [0.2, 0.25) is 0 Å². The van der Waals surface area contributed by atoms with Crippen molar-refractivity contribution >= 4 is 19.8 Å². The molecule has 10 heteroatoms. The van der Waals surface area contributed by atoms with Crippen LogP contribution in [0.5, 0.6) is 0 Å². The zero-order valence-corrected chi connectivity index (χ0v) is 56.5. The number of allylic oxidation sites excluding steroid dienone is 14. The van der Waals surface area contributed by atoms with E-state index in [-0.39, 0.29) is 38.6 Å². The van der Waals surface area contributed by atoms with E-state index in [1.165, 1.54) is 231 Å². The molecule has 494 valence electrons. The SMILES string of the molecule is CC/C=C\C/C=C\C/C=C\C/C=C\C/C=C\C/C=C\CCCCCCCCCCCCC(=O)OC(COC(=O)CCCCCCCCCCCCCCCCCCCCCCCCC/C=C\CCCCCCCCCC)COP(=O)(O)OCCN. The normalized spacial score (nSPS) is 13.4. The second kappa shape index (κ2) is 70.3. The topological polar surface area (TPSA) is 134 Å². The van der Waals surface area contributed by atoms with Crippen molar-refractivity contribution < 1.29 is 37.6 Å². The molecule has 9 nitrogen and oxygen atoms in total. The van der Waals surface area contributed by atoms with E-state index in [0.717, 1.165) is 83.5 Å². The van der Waals surface area contributed by atoms with Crippen LogP contribution in [-0.2, 0) is 32.7 Å². The fourth-order valence-electron chi connectivity index (χ4n) is 10.5. The third kappa shape index (κ3) is 70.2. The highest BCUT2D eigenvalue weighted by atomic mass is 31.2. The number of rotatable bonds is 68. The first-order valence-electron chi connectivity index (χ1n) is 36.1. The molecule has 0 fully saturated rings. The predicted molar refractivity (Wildman–Crippen MR) is 367 cm³/mol. The van der Waals surface area contributed by atoms with Gasteiger partial charge >= 0.3 is 19.8 Å². The Morgan fingerprint density at radius 2 is 0.647 bits per heavy atom. The Morgan fingerprint density at radius 1 is 0.365 bits per heavy atom. The van der Waals surface area contributed by atoms with Gasteiger partial charge < -0.3 is 20.1 Å². The lowest BCUT2D eigenvalue weighted by molar-refractivity contribution is -0.161. The standard InChI is InChI=1S/C75H136NO8P/c1-3-5-7-9-11-13-15-17-19-21-23-25-27-29-31-33-34-35-36-37-38-40-41-43-45-47-49-51-53-55-57-59-61-63-65-67-74(77)81-71-73(72-83-85(79,80)82-70-69-76)84-75(78)68-66-64-62-60-58-56-54-52-50-48-46-44-42-39-32-30-28-26-24-22-20-18-16-14-12-10-8-6-4-2/h6,8,12,14,18,20-21,23-24,26,30,32,42,44,73H,3-5,7,9-11,13,15-17,19,22,25,27-29,31,33-41,43,45-72,76H2,1-2H3,(H,79,80)/b8-6-,14-12-,20-18-,23-21-,26-24-,32-30-,44-42-. The molecule has 0 aromatic carbocycles. The van der Waals surface area contributed by atoms with Crippen molar-refractivity contribution in [2.45, 2.75) is 354 Å². The Hall–Kier alpha value is -2.81. The van der Waals surface area contributed by atoms with Crippen LogP contribution in [0.15, 0.2) is 85.1 Å². The molecule has 0 aliphatic heterocycles. The number of carbonyl (C=O) groups excluding carboxylic acids is 2. The maximum Gasteiger partial charge on any atom is 0.472 e. The van der Waals surface area contributed by atoms with Crippen LogP contribution in [-0.4, -0.2) is 49.3 Å². The lowest BCUT2D eigenvalue weighted by atomic mass is 10.0. The van der Waals surface area contributed by atoms with Crippen molar-refractivity contribution in [1.29, 1.82) is 0 Å². The minimum absolute atomic E-state index is 0.0509. The summed E-state index contributed by atoms with van der Waals surface area (Å²) in [5, 5.41) is 0. The largest absolute Gasteiger partial charge is 0.472 e. The number of nitrogens with two attached hydrogens (primary N) is 1. The minimum atomic E-state index is -4.40. The van der Waals surface area contributed by atoms with Crippen molar-refractivity contribution in [3.8, 4) is 0 Å². The molecule has 0 aliphatic carbocycles. The quantitative estimate of drug-likeness (QED) is 0.0264. The Morgan fingerprint density at radius 3 is 0.976 bits per heavy atom. The molecule has 3 N–H and O–H groups in total. The van der Waals surface area contributed by atoms with Gasteiger partial charge in [0, 0.05) is 19.4 Å². The summed E-state index contributed by atoms with van der Waals surface area (Å²) in [6, 6.07) is 0. The summed E-state index contributed by atoms with van der Waals surface area (Å²) in [5.41, 5.74) is 5.40. The van der Waals surface area contributed by atoms with Crippen LogP contribution in [0.3, 0.4) is 0 Å². The van der Waals surface area contributed by atoms with Crippen molar-refractivity contribution in [3.63, 3.8) is 0 Å². The van der Waals surface area contributed by atoms with Crippen LogP contribution in [0.4, 0.5) is 0 Å². The predicted octanol–water partition coefficient (Wildman–Crippen LogP) is 23.8. The molecule has 0 saturated carbocycles. The van der Waals surface area contributed by atoms with Crippen LogP contribution < -0.4 is 5.73 Å². The number of esters is 2. The first-order valence-corrected chi connectivity index (χ1v) is 37.6. The summed E-state index contributed by atoms with van der Waals surface area (Å²) < 4.78 is 33.2. The molecule has 0 saturated heterocycles. The number of carbonyl (C=O) groups is 2. The van der Waals surface area contributed by atoms with E-state index in [4.69, 9.17) is 24.3 Å². The molecule has 0 bridgehead atoms. The van der Waals surface area contributed by atoms with Crippen LogP contribution in [0, 0.1) is 0 Å². The smallest absolute Gasteiger partial charge is 0.462 e. The fourth-order valence-corrected chi connectivity index (χ4v) is 11.2. The Balaban J connectivity index is 3.84. The first-order chi connectivity index (χ1) is 41.8. The average molecular weight is 1210 g/mol. The second-order valence-corrected chi connectivity index (χ2v) is 25.5. The summed E-state index contributed by atoms with van der Waals surface area (Å²) in [7, 11) is -4.40. The van der Waals surface area contributed by atoms with Gasteiger partial charge in [-0.3, -0.25) is 18.6 Å². The van der Waals surface area contributed by atoms with Crippen molar-refractivity contribution in [2.75, 3.05) is 26.4 Å². The molecule has 0 heterocycles. The van der Waals surface area contributed by atoms with Gasteiger partial charge in [0.15, 0.2) is 6.10 Å². The number of hydrogen-bond acceptors (Lipinski definition) is 8. The van der Waals surface area contributed by atoms with Crippen molar-refractivity contribution in [3.05, 3.63) is 85.1 Å². The monoisotopic (exact) mass is 1210 g/mol. The number of unbranched alkanes of at least 4 members (excludes halogenated alkanes) is 41. The van der Waals surface area contributed by atoms with Gasteiger partial charge in [0.05, 0.1) is 13.2 Å². The molecule has 0 radical (unpaired) electrons. The first kappa shape index (κ1) is 82.2. The zero-order chi connectivity index (χ0) is 61.6. The Bertz CT molecular complexity index is 1670. The highest BCUT2D eigenvalue weighted by Gasteiger charge is 2.26. The second-order valence-electron chi connectivity index (χ2n) is 24.1. The van der Waals surface area contributed by atoms with E-state index >= 15 is 0 Å². The number of phosphoric ester groups is 1. The molecule has 85 heavy (non-hydrogen) atoms. The summed E-state index contributed by atoms with van der Waals surface area (Å²) in [4.78, 5) is 35.4. The highest BCUT2D eigenvalue weighted by molar-refractivity contribution is 7.47. The maximum absolute atomic E-state index is 12.8. The fraction of sp³-hybridized carbons (Fsp3) is 0.787. The number of ether oxygens (including phenoxy) is 2. The molecule has 0 aromatic rings. The molecule has 0 spiro atoms. The van der Waals surface area contributed by atoms with Crippen LogP contribution in [0.25, 0.3) is 0 Å². The van der Waals surface area contributed by atoms with Crippen LogP contribution in [0.1, 0.15) is 348 Å². The third-order valence-electron chi connectivity index (χ3n) is 15.8. The number of hydrogen-bond donors (Lipinski definition) is 2. The van der Waals surface area contributed by atoms with Gasteiger partial charge in [0.25, 0.3) is 0 Å². The van der Waals surface area contributed by atoms with Crippen molar-refractivity contribution in [1.82, 2.24) is 0 Å². The van der Waals surface area contributed by atoms with E-state index in [2.05, 4.69) is 98.9 Å². The van der Waals surface area contributed by atoms with E-state index in [0.29, 0.717) is 6.42 Å². The summed E-state index contributed by atoms with van der Waals surface area (Å²) in [5.74, 6) is -0.821. The Kier molecular flexibility index (Phi) is 68.0. The molecule has 0 rings (SSSR count). The van der Waals surface area contributed by atoms with Gasteiger partial charge in [-0.1, -0.05) is 330 Å². The third-order valence-corrected chi connectivity index (χ3v) is 16.7. The number of phosphoric acid groups is 1. The van der Waals surface area contributed by atoms with Gasteiger partial charge in [-0.05, 0) is 89.9 Å². The lowest BCUT2D eigenvalue weighted by Gasteiger charge is -2.19. The van der Waals surface area contributed by atoms with Gasteiger partial charge in [0.2, 0.25) is 0 Å². The van der Waals surface area contributed by atoms with E-state index in [1.807, 2.05) is 0 Å². The molecule has 0 aliphatic rings. The van der Waals surface area contributed by atoms with Gasteiger partial charge in [-0.15, -0.1) is 0 Å². The average Bonchev–Trinajstić information content (AvgIpc) is 3.52. The van der Waals surface area contributed by atoms with Gasteiger partial charge in [0.1, 0.15) is 6.61 Å². The summed E-state index contributed by atoms with van der Waals surface area (Å²) in [6.45, 7) is 3.67. The van der Waals surface area contributed by atoms with Gasteiger partial charge in [-0.2, -0.15) is 0 Å². The molecular formula is C75H136NO8P. The van der Waals surface area contributed by atoms with E-state index < -0.39 is 26.5 Å². The molecular weight excluding hydrogens is 1070 g/mol. The lowest BCUT2D eigenvalue weighted by Crippen LogP contribution is -2.29. The Labute approximate surface area is 525 Å². The van der Waals surface area contributed by atoms with Crippen molar-refractivity contribution in [2.24, 2.45) is 5.73 Å². The molecule has 2 unspecified atom stereocenters. The molecule has 0 aromatic heterocycles. The van der Waals surface area contributed by atoms with Crippen LogP contribution >= 0.6 is 7.82 Å².